The van der Waals surface area contributed by atoms with E-state index in [0.29, 0.717) is 25.5 Å². The normalized spacial score (nSPS) is 23.3. The molecule has 6 nitrogen and oxygen atoms in total. The van der Waals surface area contributed by atoms with E-state index in [1.165, 1.54) is 11.1 Å². The molecule has 1 aliphatic heterocycles. The minimum absolute atomic E-state index is 0.0329. The van der Waals surface area contributed by atoms with Gasteiger partial charge in [-0.2, -0.15) is 0 Å². The molecule has 1 aliphatic carbocycles. The number of nitrogens with one attached hydrogen (secondary N) is 1. The van der Waals surface area contributed by atoms with Crippen LogP contribution in [0.15, 0.2) is 29.3 Å². The van der Waals surface area contributed by atoms with Gasteiger partial charge in [0.15, 0.2) is 5.96 Å². The van der Waals surface area contributed by atoms with Crippen LogP contribution in [-0.4, -0.2) is 41.3 Å². The first-order valence-electron chi connectivity index (χ1n) is 11.5. The van der Waals surface area contributed by atoms with Gasteiger partial charge in [0.25, 0.3) is 5.91 Å². The lowest BCUT2D eigenvalue weighted by Gasteiger charge is -2.26. The molecule has 0 bridgehead atoms. The molecule has 1 aromatic carbocycles. The first kappa shape index (κ1) is 22.3. The van der Waals surface area contributed by atoms with Crippen molar-refractivity contribution in [2.75, 3.05) is 13.1 Å². The van der Waals surface area contributed by atoms with E-state index in [9.17, 15) is 9.59 Å². The lowest BCUT2D eigenvalue weighted by Crippen LogP contribution is -2.45. The summed E-state index contributed by atoms with van der Waals surface area (Å²) in [7, 11) is 0. The Morgan fingerprint density at radius 2 is 1.97 bits per heavy atom. The van der Waals surface area contributed by atoms with E-state index < -0.39 is 5.54 Å². The molecule has 0 aromatic heterocycles. The van der Waals surface area contributed by atoms with E-state index in [0.717, 1.165) is 51.4 Å². The Labute approximate surface area is 180 Å². The highest BCUT2D eigenvalue weighted by atomic mass is 16.2. The zero-order valence-corrected chi connectivity index (χ0v) is 18.5. The maximum atomic E-state index is 13.1. The van der Waals surface area contributed by atoms with Gasteiger partial charge in [0.2, 0.25) is 5.91 Å². The Kier molecular flexibility index (Phi) is 7.51. The van der Waals surface area contributed by atoms with Gasteiger partial charge in [0.1, 0.15) is 5.54 Å². The molecule has 0 saturated heterocycles. The highest BCUT2D eigenvalue weighted by Crippen LogP contribution is 2.32. The zero-order valence-electron chi connectivity index (χ0n) is 18.5. The summed E-state index contributed by atoms with van der Waals surface area (Å²) in [6, 6.07) is 8.38. The minimum atomic E-state index is -0.673. The highest BCUT2D eigenvalue weighted by molar-refractivity contribution is 6.06. The van der Waals surface area contributed by atoms with E-state index in [1.54, 1.807) is 4.90 Å². The van der Waals surface area contributed by atoms with Gasteiger partial charge in [-0.15, -0.1) is 0 Å². The number of hydrogen-bond donors (Lipinski definition) is 2. The number of fused-ring (bicyclic) bond motifs is 1. The van der Waals surface area contributed by atoms with Crippen molar-refractivity contribution in [1.82, 2.24) is 10.2 Å². The van der Waals surface area contributed by atoms with Crippen LogP contribution in [0.1, 0.15) is 69.9 Å². The predicted octanol–water partition coefficient (Wildman–Crippen LogP) is 3.18. The number of aryl methyl sites for hydroxylation is 1. The van der Waals surface area contributed by atoms with Crippen LogP contribution < -0.4 is 11.1 Å². The maximum absolute atomic E-state index is 13.1. The SMILES string of the molecule is CCCCC1(CCC)N=C(N)N(CCCNC(=O)C2CCc3ccccc3C2)C1=O. The number of hydrogen-bond acceptors (Lipinski definition) is 4. The summed E-state index contributed by atoms with van der Waals surface area (Å²) < 4.78 is 0. The van der Waals surface area contributed by atoms with Crippen LogP contribution in [0.5, 0.6) is 0 Å². The van der Waals surface area contributed by atoms with Crippen LogP contribution in [0.2, 0.25) is 0 Å². The molecule has 2 atom stereocenters. The number of nitrogens with zero attached hydrogens (tertiary/aromatic N) is 2. The van der Waals surface area contributed by atoms with Crippen molar-refractivity contribution < 1.29 is 9.59 Å². The largest absolute Gasteiger partial charge is 0.369 e. The van der Waals surface area contributed by atoms with E-state index in [-0.39, 0.29) is 17.7 Å². The number of amides is 2. The second-order valence-corrected chi connectivity index (χ2v) is 8.66. The predicted molar refractivity (Wildman–Crippen MR) is 120 cm³/mol. The molecule has 30 heavy (non-hydrogen) atoms. The average Bonchev–Trinajstić information content (AvgIpc) is 2.99. The van der Waals surface area contributed by atoms with Crippen molar-refractivity contribution in [3.8, 4) is 0 Å². The lowest BCUT2D eigenvalue weighted by atomic mass is 9.83. The average molecular weight is 413 g/mol. The summed E-state index contributed by atoms with van der Waals surface area (Å²) in [5.74, 6) is 0.513. The van der Waals surface area contributed by atoms with Crippen molar-refractivity contribution in [3.63, 3.8) is 0 Å². The summed E-state index contributed by atoms with van der Waals surface area (Å²) in [6.45, 7) is 5.25. The first-order valence-corrected chi connectivity index (χ1v) is 11.5. The Hall–Kier alpha value is -2.37. The zero-order chi connectivity index (χ0) is 21.6. The van der Waals surface area contributed by atoms with Gasteiger partial charge in [0, 0.05) is 19.0 Å². The molecule has 6 heteroatoms. The number of nitrogens with two attached hydrogens (primary N) is 1. The number of benzene rings is 1. The van der Waals surface area contributed by atoms with Crippen molar-refractivity contribution in [1.29, 1.82) is 0 Å². The van der Waals surface area contributed by atoms with E-state index in [1.807, 2.05) is 6.07 Å². The second-order valence-electron chi connectivity index (χ2n) is 8.66. The van der Waals surface area contributed by atoms with E-state index >= 15 is 0 Å². The minimum Gasteiger partial charge on any atom is -0.369 e. The third kappa shape index (κ3) is 4.85. The van der Waals surface area contributed by atoms with Crippen LogP contribution in [0, 0.1) is 5.92 Å². The Bertz CT molecular complexity index is 791. The third-order valence-electron chi connectivity index (χ3n) is 6.43. The van der Waals surface area contributed by atoms with Crippen LogP contribution in [0.25, 0.3) is 0 Å². The van der Waals surface area contributed by atoms with Gasteiger partial charge >= 0.3 is 0 Å². The maximum Gasteiger partial charge on any atom is 0.257 e. The van der Waals surface area contributed by atoms with Gasteiger partial charge in [-0.05, 0) is 49.7 Å². The number of rotatable bonds is 10. The molecule has 1 heterocycles. The smallest absolute Gasteiger partial charge is 0.257 e. The Morgan fingerprint density at radius 1 is 1.20 bits per heavy atom. The Balaban J connectivity index is 1.47. The third-order valence-corrected chi connectivity index (χ3v) is 6.43. The fourth-order valence-corrected chi connectivity index (χ4v) is 4.75. The molecular weight excluding hydrogens is 376 g/mol. The summed E-state index contributed by atoms with van der Waals surface area (Å²) in [4.78, 5) is 31.9. The molecule has 3 rings (SSSR count). The molecule has 2 unspecified atom stereocenters. The number of carbonyl (C=O) groups is 2. The van der Waals surface area contributed by atoms with Gasteiger partial charge in [-0.25, -0.2) is 4.99 Å². The van der Waals surface area contributed by atoms with Gasteiger partial charge in [0.05, 0.1) is 0 Å². The van der Waals surface area contributed by atoms with E-state index in [4.69, 9.17) is 5.73 Å². The molecular formula is C24H36N4O2. The van der Waals surface area contributed by atoms with Gasteiger partial charge < -0.3 is 11.1 Å². The number of carbonyl (C=O) groups excluding carboxylic acids is 2. The molecule has 2 aliphatic rings. The summed E-state index contributed by atoms with van der Waals surface area (Å²) >= 11 is 0. The molecule has 0 spiro atoms. The fraction of sp³-hybridized carbons (Fsp3) is 0.625. The molecule has 3 N–H and O–H groups in total. The number of guanidine groups is 1. The highest BCUT2D eigenvalue weighted by Gasteiger charge is 2.46. The molecule has 164 valence electrons. The van der Waals surface area contributed by atoms with Crippen molar-refractivity contribution in [2.24, 2.45) is 16.6 Å². The summed E-state index contributed by atoms with van der Waals surface area (Å²) in [5, 5.41) is 3.06. The standard InChI is InChI=1S/C24H36N4O2/c1-3-5-14-24(13-4-2)22(30)28(23(25)27-24)16-8-15-26-21(29)20-12-11-18-9-6-7-10-19(18)17-20/h6-7,9-10,20H,3-5,8,11-17H2,1-2H3,(H2,25,27)(H,26,29). The number of aliphatic imine (C=N–C) groups is 1. The van der Waals surface area contributed by atoms with Crippen LogP contribution in [-0.2, 0) is 22.4 Å². The van der Waals surface area contributed by atoms with Gasteiger partial charge in [-0.1, -0.05) is 57.4 Å². The summed E-state index contributed by atoms with van der Waals surface area (Å²) in [5.41, 5.74) is 8.10. The van der Waals surface area contributed by atoms with Gasteiger partial charge in [-0.3, -0.25) is 14.5 Å². The van der Waals surface area contributed by atoms with Crippen LogP contribution in [0.3, 0.4) is 0 Å². The molecule has 1 aromatic rings. The van der Waals surface area contributed by atoms with Crippen LogP contribution in [0.4, 0.5) is 0 Å². The molecule has 0 radical (unpaired) electrons. The lowest BCUT2D eigenvalue weighted by molar-refractivity contribution is -0.131. The second kappa shape index (κ2) is 10.1. The van der Waals surface area contributed by atoms with Crippen molar-refractivity contribution in [3.05, 3.63) is 35.4 Å². The fourth-order valence-electron chi connectivity index (χ4n) is 4.75. The topological polar surface area (TPSA) is 87.8 Å². The first-order chi connectivity index (χ1) is 14.5. The molecule has 2 amide bonds. The quantitative estimate of drug-likeness (QED) is 0.579. The summed E-state index contributed by atoms with van der Waals surface area (Å²) in [6.07, 6.45) is 7.74. The molecule has 0 saturated carbocycles. The Morgan fingerprint density at radius 3 is 2.70 bits per heavy atom. The van der Waals surface area contributed by atoms with Crippen molar-refractivity contribution in [2.45, 2.75) is 77.2 Å². The number of unbranched alkanes of at least 4 members (excludes halogenated alkanes) is 1. The van der Waals surface area contributed by atoms with Crippen LogP contribution >= 0.6 is 0 Å². The monoisotopic (exact) mass is 412 g/mol. The molecule has 0 fully saturated rings. The van der Waals surface area contributed by atoms with Crippen molar-refractivity contribution >= 4 is 17.8 Å². The van der Waals surface area contributed by atoms with E-state index in [2.05, 4.69) is 42.4 Å².